The van der Waals surface area contributed by atoms with Crippen molar-refractivity contribution in [2.24, 2.45) is 11.7 Å². The fourth-order valence-electron chi connectivity index (χ4n) is 3.17. The van der Waals surface area contributed by atoms with Gasteiger partial charge < -0.3 is 5.73 Å². The molecule has 1 aliphatic carbocycles. The topological polar surface area (TPSA) is 26.0 Å². The van der Waals surface area contributed by atoms with Crippen LogP contribution < -0.4 is 5.73 Å². The summed E-state index contributed by atoms with van der Waals surface area (Å²) in [6.07, 6.45) is 10.2. The monoisotopic (exact) mass is 329 g/mol. The van der Waals surface area contributed by atoms with Gasteiger partial charge in [-0.3, -0.25) is 0 Å². The van der Waals surface area contributed by atoms with Crippen LogP contribution in [0.3, 0.4) is 0 Å². The lowest BCUT2D eigenvalue weighted by atomic mass is 9.86. The summed E-state index contributed by atoms with van der Waals surface area (Å²) in [6, 6.07) is 2.23. The van der Waals surface area contributed by atoms with Crippen LogP contribution in [0.1, 0.15) is 56.7 Å². The Kier molecular flexibility index (Phi) is 5.28. The Morgan fingerprint density at radius 2 is 2.28 bits per heavy atom. The van der Waals surface area contributed by atoms with Crippen LogP contribution in [-0.2, 0) is 6.42 Å². The first kappa shape index (κ1) is 14.5. The highest BCUT2D eigenvalue weighted by Crippen LogP contribution is 2.34. The van der Waals surface area contributed by atoms with Crippen LogP contribution in [0.15, 0.2) is 15.9 Å². The predicted octanol–water partition coefficient (Wildman–Crippen LogP) is 5.13. The van der Waals surface area contributed by atoms with Gasteiger partial charge >= 0.3 is 0 Å². The average molecular weight is 330 g/mol. The van der Waals surface area contributed by atoms with Crippen LogP contribution in [0.25, 0.3) is 0 Å². The molecule has 2 rings (SSSR count). The van der Waals surface area contributed by atoms with Crippen molar-refractivity contribution >= 4 is 27.3 Å². The van der Waals surface area contributed by atoms with Gasteiger partial charge in [0.2, 0.25) is 0 Å². The minimum atomic E-state index is 0.0484. The third-order valence-electron chi connectivity index (χ3n) is 4.18. The molecule has 1 saturated carbocycles. The second-order valence-corrected chi connectivity index (χ2v) is 7.77. The van der Waals surface area contributed by atoms with Gasteiger partial charge in [-0.15, -0.1) is 11.3 Å². The molecule has 0 amide bonds. The highest BCUT2D eigenvalue weighted by molar-refractivity contribution is 9.10. The maximum Gasteiger partial charge on any atom is 0.0285 e. The highest BCUT2D eigenvalue weighted by atomic mass is 79.9. The minimum Gasteiger partial charge on any atom is -0.325 e. The molecule has 0 saturated heterocycles. The van der Waals surface area contributed by atoms with E-state index in [4.69, 9.17) is 5.73 Å². The molecule has 1 aromatic heterocycles. The molecule has 0 bridgehead atoms. The molecule has 1 nitrogen and oxygen atoms in total. The zero-order chi connectivity index (χ0) is 13.0. The van der Waals surface area contributed by atoms with E-state index in [1.165, 1.54) is 54.3 Å². The van der Waals surface area contributed by atoms with Crippen LogP contribution in [0.5, 0.6) is 0 Å². The maximum absolute atomic E-state index is 6.65. The normalized spacial score (nSPS) is 29.2. The second kappa shape index (κ2) is 6.53. The number of hydrogen-bond acceptors (Lipinski definition) is 2. The van der Waals surface area contributed by atoms with Crippen molar-refractivity contribution in [2.75, 3.05) is 0 Å². The minimum absolute atomic E-state index is 0.0484. The van der Waals surface area contributed by atoms with Crippen molar-refractivity contribution in [3.63, 3.8) is 0 Å². The lowest BCUT2D eigenvalue weighted by molar-refractivity contribution is 0.357. The van der Waals surface area contributed by atoms with E-state index in [1.54, 1.807) is 0 Å². The lowest BCUT2D eigenvalue weighted by Crippen LogP contribution is -2.41. The van der Waals surface area contributed by atoms with E-state index in [1.807, 2.05) is 11.3 Å². The van der Waals surface area contributed by atoms with Crippen molar-refractivity contribution in [1.29, 1.82) is 0 Å². The van der Waals surface area contributed by atoms with Gasteiger partial charge in [-0.2, -0.15) is 0 Å². The van der Waals surface area contributed by atoms with Gasteiger partial charge in [0.25, 0.3) is 0 Å². The average Bonchev–Trinajstić information content (AvgIpc) is 2.62. The first-order valence-corrected chi connectivity index (χ1v) is 8.80. The van der Waals surface area contributed by atoms with Crippen molar-refractivity contribution in [3.05, 3.63) is 20.8 Å². The molecule has 3 heteroatoms. The fourth-order valence-corrected chi connectivity index (χ4v) is 4.78. The molecule has 1 aromatic rings. The first-order chi connectivity index (χ1) is 8.61. The summed E-state index contributed by atoms with van der Waals surface area (Å²) in [5.74, 6) is 0.926. The molecule has 0 radical (unpaired) electrons. The molecule has 18 heavy (non-hydrogen) atoms. The standard InChI is InChI=1S/C15H24BrNS/c1-2-4-12-5-3-7-15(17,8-6-12)10-14-9-13(16)11-18-14/h9,11-12H,2-8,10,17H2,1H3. The van der Waals surface area contributed by atoms with E-state index >= 15 is 0 Å². The van der Waals surface area contributed by atoms with Crippen LogP contribution in [-0.4, -0.2) is 5.54 Å². The van der Waals surface area contributed by atoms with Crippen molar-refractivity contribution < 1.29 is 0 Å². The molecule has 1 aliphatic rings. The summed E-state index contributed by atoms with van der Waals surface area (Å²) in [4.78, 5) is 1.43. The predicted molar refractivity (Wildman–Crippen MR) is 84.1 cm³/mol. The Morgan fingerprint density at radius 1 is 1.44 bits per heavy atom. The lowest BCUT2D eigenvalue weighted by Gasteiger charge is -2.27. The third kappa shape index (κ3) is 4.07. The van der Waals surface area contributed by atoms with Gasteiger partial charge in [0, 0.05) is 20.3 Å². The molecular formula is C15H24BrNS. The van der Waals surface area contributed by atoms with E-state index < -0.39 is 0 Å². The van der Waals surface area contributed by atoms with Gasteiger partial charge in [-0.05, 0) is 53.6 Å². The van der Waals surface area contributed by atoms with E-state index in [-0.39, 0.29) is 5.54 Å². The van der Waals surface area contributed by atoms with Crippen molar-refractivity contribution in [2.45, 2.75) is 63.8 Å². The SMILES string of the molecule is CCCC1CCCC(N)(Cc2cc(Br)cs2)CC1. The quantitative estimate of drug-likeness (QED) is 0.761. The van der Waals surface area contributed by atoms with Crippen LogP contribution in [0, 0.1) is 5.92 Å². The molecule has 0 aromatic carbocycles. The molecule has 2 atom stereocenters. The molecule has 1 fully saturated rings. The van der Waals surface area contributed by atoms with Gasteiger partial charge in [-0.25, -0.2) is 0 Å². The Morgan fingerprint density at radius 3 is 2.94 bits per heavy atom. The molecule has 2 unspecified atom stereocenters. The van der Waals surface area contributed by atoms with E-state index in [2.05, 4.69) is 34.3 Å². The summed E-state index contributed by atoms with van der Waals surface area (Å²) in [5.41, 5.74) is 6.70. The molecular weight excluding hydrogens is 306 g/mol. The Balaban J connectivity index is 1.94. The summed E-state index contributed by atoms with van der Waals surface area (Å²) in [5, 5.41) is 2.16. The maximum atomic E-state index is 6.65. The smallest absolute Gasteiger partial charge is 0.0285 e. The van der Waals surface area contributed by atoms with Crippen LogP contribution >= 0.6 is 27.3 Å². The molecule has 0 aliphatic heterocycles. The summed E-state index contributed by atoms with van der Waals surface area (Å²) in [6.45, 7) is 2.30. The summed E-state index contributed by atoms with van der Waals surface area (Å²) >= 11 is 5.36. The number of rotatable bonds is 4. The van der Waals surface area contributed by atoms with E-state index in [9.17, 15) is 0 Å². The van der Waals surface area contributed by atoms with Crippen LogP contribution in [0.4, 0.5) is 0 Å². The Labute approximate surface area is 123 Å². The van der Waals surface area contributed by atoms with E-state index in [0.717, 1.165) is 12.3 Å². The highest BCUT2D eigenvalue weighted by Gasteiger charge is 2.29. The van der Waals surface area contributed by atoms with Crippen LogP contribution in [0.2, 0.25) is 0 Å². The zero-order valence-electron chi connectivity index (χ0n) is 11.3. The second-order valence-electron chi connectivity index (χ2n) is 5.86. The molecule has 0 spiro atoms. The van der Waals surface area contributed by atoms with Gasteiger partial charge in [0.1, 0.15) is 0 Å². The number of halogens is 1. The fraction of sp³-hybridized carbons (Fsp3) is 0.733. The molecule has 2 N–H and O–H groups in total. The largest absolute Gasteiger partial charge is 0.325 e. The summed E-state index contributed by atoms with van der Waals surface area (Å²) < 4.78 is 1.20. The number of thiophene rings is 1. The van der Waals surface area contributed by atoms with Gasteiger partial charge in [0.05, 0.1) is 0 Å². The summed E-state index contributed by atoms with van der Waals surface area (Å²) in [7, 11) is 0. The van der Waals surface area contributed by atoms with Crippen molar-refractivity contribution in [1.82, 2.24) is 0 Å². The Hall–Kier alpha value is 0.140. The first-order valence-electron chi connectivity index (χ1n) is 7.13. The molecule has 1 heterocycles. The third-order valence-corrected chi connectivity index (χ3v) is 5.88. The van der Waals surface area contributed by atoms with Gasteiger partial charge in [0.15, 0.2) is 0 Å². The Bertz CT molecular complexity index is 376. The number of nitrogens with two attached hydrogens (primary N) is 1. The zero-order valence-corrected chi connectivity index (χ0v) is 13.7. The van der Waals surface area contributed by atoms with E-state index in [0.29, 0.717) is 0 Å². The van der Waals surface area contributed by atoms with Gasteiger partial charge in [-0.1, -0.05) is 32.6 Å². The van der Waals surface area contributed by atoms with Crippen molar-refractivity contribution in [3.8, 4) is 0 Å². The molecule has 102 valence electrons. The number of hydrogen-bond donors (Lipinski definition) is 1.